The smallest absolute Gasteiger partial charge is 0.295 e. The normalized spacial score (nSPS) is 17.4. The molecule has 1 fully saturated rings. The van der Waals surface area contributed by atoms with Crippen LogP contribution in [-0.2, 0) is 14.3 Å². The molecule has 2 aromatic rings. The van der Waals surface area contributed by atoms with Gasteiger partial charge in [-0.05, 0) is 42.7 Å². The topological polar surface area (TPSA) is 85.3 Å². The molecule has 0 saturated carbocycles. The molecule has 0 bridgehead atoms. The van der Waals surface area contributed by atoms with Crippen molar-refractivity contribution in [1.29, 1.82) is 0 Å². The zero-order chi connectivity index (χ0) is 23.8. The predicted molar refractivity (Wildman–Crippen MR) is 125 cm³/mol. The fraction of sp³-hybridized carbons (Fsp3) is 0.385. The Morgan fingerprint density at radius 2 is 1.76 bits per heavy atom. The number of ether oxygens (including phenoxy) is 3. The number of unbranched alkanes of at least 4 members (excludes halogenated alkanes) is 1. The van der Waals surface area contributed by atoms with Crippen LogP contribution in [-0.4, -0.2) is 55.7 Å². The molecule has 1 heterocycles. The lowest BCUT2D eigenvalue weighted by atomic mass is 9.95. The molecule has 1 aliphatic heterocycles. The number of benzene rings is 2. The van der Waals surface area contributed by atoms with E-state index >= 15 is 0 Å². The molecule has 1 atom stereocenters. The molecule has 0 spiro atoms. The van der Waals surface area contributed by atoms with Gasteiger partial charge in [-0.2, -0.15) is 0 Å². The van der Waals surface area contributed by atoms with Crippen molar-refractivity contribution in [2.45, 2.75) is 32.2 Å². The number of aliphatic hydroxyl groups excluding tert-OH is 1. The number of ketones is 1. The summed E-state index contributed by atoms with van der Waals surface area (Å²) in [5.74, 6) is -0.311. The number of amides is 1. The molecule has 33 heavy (non-hydrogen) atoms. The Bertz CT molecular complexity index is 998. The molecule has 7 nitrogen and oxygen atoms in total. The number of nitrogens with zero attached hydrogens (tertiary/aromatic N) is 1. The largest absolute Gasteiger partial charge is 0.507 e. The Kier molecular flexibility index (Phi) is 8.49. The van der Waals surface area contributed by atoms with E-state index < -0.39 is 17.7 Å². The second-order valence-corrected chi connectivity index (χ2v) is 7.84. The highest BCUT2D eigenvalue weighted by Gasteiger charge is 2.45. The fourth-order valence-corrected chi connectivity index (χ4v) is 3.84. The standard InChI is InChI=1S/C26H31NO6/c1-4-5-16-33-20-12-10-18(11-13-20)23-22(24(28)19-8-6-9-21(17-19)32-3)25(29)26(30)27(23)14-7-15-31-2/h6,8-13,17,23,28H,4-5,7,14-16H2,1-3H3/b24-22+. The van der Waals surface area contributed by atoms with Gasteiger partial charge in [-0.1, -0.05) is 37.6 Å². The summed E-state index contributed by atoms with van der Waals surface area (Å²) in [6, 6.07) is 13.4. The summed E-state index contributed by atoms with van der Waals surface area (Å²) in [5.41, 5.74) is 1.19. The van der Waals surface area contributed by atoms with E-state index in [4.69, 9.17) is 14.2 Å². The Labute approximate surface area is 194 Å². The molecule has 7 heteroatoms. The number of methoxy groups -OCH3 is 2. The van der Waals surface area contributed by atoms with E-state index in [0.29, 0.717) is 37.5 Å². The van der Waals surface area contributed by atoms with Crippen molar-refractivity contribution < 1.29 is 28.9 Å². The highest BCUT2D eigenvalue weighted by atomic mass is 16.5. The maximum absolute atomic E-state index is 13.0. The second kappa shape index (κ2) is 11.5. The van der Waals surface area contributed by atoms with Crippen LogP contribution in [0.3, 0.4) is 0 Å². The Balaban J connectivity index is 2.02. The lowest BCUT2D eigenvalue weighted by molar-refractivity contribution is -0.140. The molecule has 2 aromatic carbocycles. The van der Waals surface area contributed by atoms with Gasteiger partial charge in [0.15, 0.2) is 0 Å². The average Bonchev–Trinajstić information content (AvgIpc) is 3.09. The zero-order valence-corrected chi connectivity index (χ0v) is 19.4. The first-order valence-electron chi connectivity index (χ1n) is 11.2. The minimum atomic E-state index is -0.710. The molecule has 0 aliphatic carbocycles. The number of hydrogen-bond acceptors (Lipinski definition) is 6. The highest BCUT2D eigenvalue weighted by molar-refractivity contribution is 6.46. The maximum atomic E-state index is 13.0. The van der Waals surface area contributed by atoms with Gasteiger partial charge in [0, 0.05) is 25.8 Å². The summed E-state index contributed by atoms with van der Waals surface area (Å²) < 4.78 is 16.1. The Hall–Kier alpha value is -3.32. The van der Waals surface area contributed by atoms with Gasteiger partial charge in [0.1, 0.15) is 17.3 Å². The molecule has 1 amide bonds. The van der Waals surface area contributed by atoms with Gasteiger partial charge in [-0.25, -0.2) is 0 Å². The van der Waals surface area contributed by atoms with Gasteiger partial charge in [-0.3, -0.25) is 9.59 Å². The van der Waals surface area contributed by atoms with Gasteiger partial charge in [0.2, 0.25) is 0 Å². The first-order chi connectivity index (χ1) is 16.0. The molecule has 0 radical (unpaired) electrons. The van der Waals surface area contributed by atoms with Crippen LogP contribution in [0.4, 0.5) is 0 Å². The summed E-state index contributed by atoms with van der Waals surface area (Å²) in [6.45, 7) is 3.51. The van der Waals surface area contributed by atoms with E-state index in [1.165, 1.54) is 12.0 Å². The van der Waals surface area contributed by atoms with Crippen molar-refractivity contribution >= 4 is 17.4 Å². The molecule has 1 unspecified atom stereocenters. The minimum Gasteiger partial charge on any atom is -0.507 e. The number of carbonyl (C=O) groups is 2. The lowest BCUT2D eigenvalue weighted by Crippen LogP contribution is -2.31. The number of Topliss-reactive ketones (excluding diaryl/α,β-unsaturated/α-hetero) is 1. The Morgan fingerprint density at radius 1 is 1.00 bits per heavy atom. The van der Waals surface area contributed by atoms with E-state index in [1.54, 1.807) is 31.4 Å². The predicted octanol–water partition coefficient (Wildman–Crippen LogP) is 4.33. The summed E-state index contributed by atoms with van der Waals surface area (Å²) >= 11 is 0. The van der Waals surface area contributed by atoms with Crippen molar-refractivity contribution in [1.82, 2.24) is 4.90 Å². The number of rotatable bonds is 11. The number of carbonyl (C=O) groups excluding carboxylic acids is 2. The highest BCUT2D eigenvalue weighted by Crippen LogP contribution is 2.40. The van der Waals surface area contributed by atoms with E-state index in [9.17, 15) is 14.7 Å². The van der Waals surface area contributed by atoms with Crippen LogP contribution >= 0.6 is 0 Å². The van der Waals surface area contributed by atoms with E-state index in [0.717, 1.165) is 24.2 Å². The summed E-state index contributed by atoms with van der Waals surface area (Å²) in [5, 5.41) is 11.1. The minimum absolute atomic E-state index is 0.0605. The molecular formula is C26H31NO6. The van der Waals surface area contributed by atoms with Crippen molar-refractivity contribution in [3.8, 4) is 11.5 Å². The SMILES string of the molecule is CCCCOc1ccc(C2/C(=C(\O)c3cccc(OC)c3)C(=O)C(=O)N2CCCOC)cc1. The van der Waals surface area contributed by atoms with Crippen LogP contribution in [0.1, 0.15) is 43.4 Å². The molecule has 1 aliphatic rings. The van der Waals surface area contributed by atoms with E-state index in [1.807, 2.05) is 24.3 Å². The summed E-state index contributed by atoms with van der Waals surface area (Å²) in [4.78, 5) is 27.5. The zero-order valence-electron chi connectivity index (χ0n) is 19.4. The number of hydrogen-bond donors (Lipinski definition) is 1. The van der Waals surface area contributed by atoms with Gasteiger partial charge in [0.25, 0.3) is 11.7 Å². The Morgan fingerprint density at radius 3 is 2.42 bits per heavy atom. The van der Waals surface area contributed by atoms with Crippen molar-refractivity contribution in [2.24, 2.45) is 0 Å². The fourth-order valence-electron chi connectivity index (χ4n) is 3.84. The van der Waals surface area contributed by atoms with Crippen LogP contribution in [0.25, 0.3) is 5.76 Å². The average molecular weight is 454 g/mol. The quantitative estimate of drug-likeness (QED) is 0.236. The molecule has 3 rings (SSSR count). The first kappa shape index (κ1) is 24.3. The second-order valence-electron chi connectivity index (χ2n) is 7.84. The molecule has 1 saturated heterocycles. The molecule has 0 aromatic heterocycles. The van der Waals surface area contributed by atoms with Gasteiger partial charge in [-0.15, -0.1) is 0 Å². The van der Waals surface area contributed by atoms with Crippen LogP contribution in [0, 0.1) is 0 Å². The molecule has 1 N–H and O–H groups in total. The maximum Gasteiger partial charge on any atom is 0.295 e. The first-order valence-corrected chi connectivity index (χ1v) is 11.2. The summed E-state index contributed by atoms with van der Waals surface area (Å²) in [7, 11) is 3.11. The van der Waals surface area contributed by atoms with Crippen molar-refractivity contribution in [3.63, 3.8) is 0 Å². The van der Waals surface area contributed by atoms with Gasteiger partial charge >= 0.3 is 0 Å². The van der Waals surface area contributed by atoms with Crippen LogP contribution in [0.15, 0.2) is 54.1 Å². The lowest BCUT2D eigenvalue weighted by Gasteiger charge is -2.25. The number of likely N-dealkylation sites (tertiary alicyclic amines) is 1. The van der Waals surface area contributed by atoms with E-state index in [2.05, 4.69) is 6.92 Å². The molecular weight excluding hydrogens is 422 g/mol. The monoisotopic (exact) mass is 453 g/mol. The van der Waals surface area contributed by atoms with Crippen molar-refractivity contribution in [3.05, 3.63) is 65.2 Å². The third kappa shape index (κ3) is 5.54. The van der Waals surface area contributed by atoms with Crippen molar-refractivity contribution in [2.75, 3.05) is 34.0 Å². The van der Waals surface area contributed by atoms with E-state index in [-0.39, 0.29) is 11.3 Å². The van der Waals surface area contributed by atoms with Gasteiger partial charge in [0.05, 0.1) is 25.3 Å². The van der Waals surface area contributed by atoms with Gasteiger partial charge < -0.3 is 24.2 Å². The number of aliphatic hydroxyl groups is 1. The molecule has 176 valence electrons. The summed E-state index contributed by atoms with van der Waals surface area (Å²) in [6.07, 6.45) is 2.57. The van der Waals surface area contributed by atoms with Crippen LogP contribution in [0.2, 0.25) is 0 Å². The third-order valence-electron chi connectivity index (χ3n) is 5.59. The van der Waals surface area contributed by atoms with Crippen LogP contribution in [0.5, 0.6) is 11.5 Å². The van der Waals surface area contributed by atoms with Crippen LogP contribution < -0.4 is 9.47 Å². The third-order valence-corrected chi connectivity index (χ3v) is 5.59.